The first-order valence-corrected chi connectivity index (χ1v) is 6.55. The number of carboxylic acids is 1. The highest BCUT2D eigenvalue weighted by Crippen LogP contribution is 2.34. The lowest BCUT2D eigenvalue weighted by Crippen LogP contribution is -2.49. The van der Waals surface area contributed by atoms with E-state index in [-0.39, 0.29) is 12.5 Å². The van der Waals surface area contributed by atoms with Crippen LogP contribution < -0.4 is 0 Å². The minimum absolute atomic E-state index is 0.0741. The van der Waals surface area contributed by atoms with Crippen LogP contribution in [0.15, 0.2) is 0 Å². The van der Waals surface area contributed by atoms with Crippen LogP contribution in [-0.2, 0) is 14.3 Å². The lowest BCUT2D eigenvalue weighted by molar-refractivity contribution is -0.157. The van der Waals surface area contributed by atoms with E-state index in [1.165, 1.54) is 4.90 Å². The highest BCUT2D eigenvalue weighted by molar-refractivity contribution is 5.86. The summed E-state index contributed by atoms with van der Waals surface area (Å²) in [6.07, 6.45) is 3.47. The molecule has 0 aromatic heterocycles. The number of hydrogen-bond acceptors (Lipinski definition) is 3. The largest absolute Gasteiger partial charge is 0.481 e. The molecule has 104 valence electrons. The lowest BCUT2D eigenvalue weighted by atomic mass is 9.99. The van der Waals surface area contributed by atoms with Gasteiger partial charge in [0.15, 0.2) is 0 Å². The van der Waals surface area contributed by atoms with Crippen molar-refractivity contribution in [3.05, 3.63) is 0 Å². The van der Waals surface area contributed by atoms with Gasteiger partial charge in [-0.2, -0.15) is 0 Å². The molecule has 1 N–H and O–H groups in total. The number of hydrogen-bond donors (Lipinski definition) is 1. The predicted molar refractivity (Wildman–Crippen MR) is 67.3 cm³/mol. The number of rotatable bonds is 6. The van der Waals surface area contributed by atoms with Crippen LogP contribution in [0, 0.1) is 5.92 Å². The van der Waals surface area contributed by atoms with Crippen molar-refractivity contribution < 1.29 is 19.4 Å². The van der Waals surface area contributed by atoms with E-state index in [2.05, 4.69) is 0 Å². The first kappa shape index (κ1) is 15.0. The summed E-state index contributed by atoms with van der Waals surface area (Å²) in [6.45, 7) is 4.22. The molecule has 0 saturated heterocycles. The summed E-state index contributed by atoms with van der Waals surface area (Å²) in [5.41, 5.74) is -0.707. The Kier molecular flexibility index (Phi) is 5.14. The lowest BCUT2D eigenvalue weighted by Gasteiger charge is -2.32. The van der Waals surface area contributed by atoms with Crippen LogP contribution in [0.25, 0.3) is 0 Å². The molecule has 0 heterocycles. The summed E-state index contributed by atoms with van der Waals surface area (Å²) < 4.78 is 5.68. The first-order valence-electron chi connectivity index (χ1n) is 6.55. The quantitative estimate of drug-likeness (QED) is 0.783. The average Bonchev–Trinajstić information content (AvgIpc) is 2.78. The van der Waals surface area contributed by atoms with Gasteiger partial charge in [0, 0.05) is 20.2 Å². The van der Waals surface area contributed by atoms with Gasteiger partial charge in [0.1, 0.15) is 5.60 Å². The topological polar surface area (TPSA) is 66.8 Å². The van der Waals surface area contributed by atoms with Gasteiger partial charge >= 0.3 is 5.97 Å². The average molecular weight is 257 g/mol. The second kappa shape index (κ2) is 6.18. The molecule has 5 nitrogen and oxygen atoms in total. The SMILES string of the molecule is CCOC1(C(=O)N(C)CC(C)C(=O)O)CCCC1. The number of aliphatic carboxylic acids is 1. The molecule has 5 heteroatoms. The van der Waals surface area contributed by atoms with E-state index in [1.54, 1.807) is 14.0 Å². The fraction of sp³-hybridized carbons (Fsp3) is 0.846. The standard InChI is InChI=1S/C13H23NO4/c1-4-18-13(7-5-6-8-13)12(17)14(3)9-10(2)11(15)16/h10H,4-9H2,1-3H3,(H,15,16). The van der Waals surface area contributed by atoms with Crippen molar-refractivity contribution in [1.82, 2.24) is 4.90 Å². The van der Waals surface area contributed by atoms with Gasteiger partial charge in [-0.1, -0.05) is 6.92 Å². The van der Waals surface area contributed by atoms with E-state index < -0.39 is 17.5 Å². The number of carbonyl (C=O) groups excluding carboxylic acids is 1. The van der Waals surface area contributed by atoms with Gasteiger partial charge in [-0.15, -0.1) is 0 Å². The number of amides is 1. The zero-order valence-electron chi connectivity index (χ0n) is 11.4. The van der Waals surface area contributed by atoms with Crippen LogP contribution in [0.1, 0.15) is 39.5 Å². The maximum Gasteiger partial charge on any atom is 0.308 e. The van der Waals surface area contributed by atoms with Crippen molar-refractivity contribution in [2.75, 3.05) is 20.2 Å². The number of carbonyl (C=O) groups is 2. The van der Waals surface area contributed by atoms with Gasteiger partial charge < -0.3 is 14.7 Å². The summed E-state index contributed by atoms with van der Waals surface area (Å²) in [4.78, 5) is 24.7. The molecular formula is C13H23NO4. The Balaban J connectivity index is 2.68. The van der Waals surface area contributed by atoms with Crippen LogP contribution in [0.4, 0.5) is 0 Å². The fourth-order valence-corrected chi connectivity index (χ4v) is 2.56. The van der Waals surface area contributed by atoms with E-state index in [4.69, 9.17) is 9.84 Å². The molecule has 0 aromatic rings. The molecule has 0 aromatic carbocycles. The van der Waals surface area contributed by atoms with Crippen molar-refractivity contribution in [3.63, 3.8) is 0 Å². The Bertz CT molecular complexity index is 310. The monoisotopic (exact) mass is 257 g/mol. The Morgan fingerprint density at radius 2 is 1.94 bits per heavy atom. The second-order valence-corrected chi connectivity index (χ2v) is 5.06. The minimum atomic E-state index is -0.883. The maximum absolute atomic E-state index is 12.4. The summed E-state index contributed by atoms with van der Waals surface area (Å²) >= 11 is 0. The Morgan fingerprint density at radius 1 is 1.39 bits per heavy atom. The summed E-state index contributed by atoms with van der Waals surface area (Å²) in [6, 6.07) is 0. The summed E-state index contributed by atoms with van der Waals surface area (Å²) in [7, 11) is 1.65. The third kappa shape index (κ3) is 3.22. The van der Waals surface area contributed by atoms with Crippen LogP contribution in [0.2, 0.25) is 0 Å². The first-order chi connectivity index (χ1) is 8.43. The molecule has 1 rings (SSSR count). The highest BCUT2D eigenvalue weighted by Gasteiger charge is 2.43. The molecule has 1 unspecified atom stereocenters. The van der Waals surface area contributed by atoms with Crippen molar-refractivity contribution in [2.45, 2.75) is 45.1 Å². The molecule has 0 bridgehead atoms. The van der Waals surface area contributed by atoms with Crippen molar-refractivity contribution in [1.29, 1.82) is 0 Å². The Labute approximate surface area is 108 Å². The Hall–Kier alpha value is -1.10. The molecule has 0 radical (unpaired) electrons. The molecule has 1 aliphatic carbocycles. The van der Waals surface area contributed by atoms with Gasteiger partial charge in [0.2, 0.25) is 0 Å². The summed E-state index contributed by atoms with van der Waals surface area (Å²) in [5.74, 6) is -1.51. The molecule has 1 atom stereocenters. The molecular weight excluding hydrogens is 234 g/mol. The zero-order valence-corrected chi connectivity index (χ0v) is 11.4. The molecule has 1 saturated carbocycles. The van der Waals surface area contributed by atoms with E-state index in [0.717, 1.165) is 25.7 Å². The van der Waals surface area contributed by atoms with Gasteiger partial charge in [-0.3, -0.25) is 9.59 Å². The van der Waals surface area contributed by atoms with Crippen LogP contribution in [-0.4, -0.2) is 47.7 Å². The predicted octanol–water partition coefficient (Wildman–Crippen LogP) is 1.51. The molecule has 1 fully saturated rings. The minimum Gasteiger partial charge on any atom is -0.481 e. The summed E-state index contributed by atoms with van der Waals surface area (Å²) in [5, 5.41) is 8.88. The highest BCUT2D eigenvalue weighted by atomic mass is 16.5. The van der Waals surface area contributed by atoms with Crippen molar-refractivity contribution in [3.8, 4) is 0 Å². The molecule has 0 aliphatic heterocycles. The van der Waals surface area contributed by atoms with E-state index in [0.29, 0.717) is 6.61 Å². The van der Waals surface area contributed by atoms with Crippen LogP contribution >= 0.6 is 0 Å². The van der Waals surface area contributed by atoms with Crippen molar-refractivity contribution >= 4 is 11.9 Å². The number of nitrogens with zero attached hydrogens (tertiary/aromatic N) is 1. The third-order valence-corrected chi connectivity index (χ3v) is 3.54. The van der Waals surface area contributed by atoms with E-state index >= 15 is 0 Å². The van der Waals surface area contributed by atoms with Gasteiger partial charge in [0.05, 0.1) is 5.92 Å². The normalized spacial score (nSPS) is 19.5. The Morgan fingerprint density at radius 3 is 2.39 bits per heavy atom. The maximum atomic E-state index is 12.4. The fourth-order valence-electron chi connectivity index (χ4n) is 2.56. The molecule has 1 amide bonds. The van der Waals surface area contributed by atoms with Crippen LogP contribution in [0.3, 0.4) is 0 Å². The second-order valence-electron chi connectivity index (χ2n) is 5.06. The van der Waals surface area contributed by atoms with Gasteiger partial charge in [0.25, 0.3) is 5.91 Å². The number of carboxylic acid groups (broad SMARTS) is 1. The smallest absolute Gasteiger partial charge is 0.308 e. The molecule has 18 heavy (non-hydrogen) atoms. The van der Waals surface area contributed by atoms with E-state index in [1.807, 2.05) is 6.92 Å². The zero-order chi connectivity index (χ0) is 13.8. The van der Waals surface area contributed by atoms with Crippen molar-refractivity contribution in [2.24, 2.45) is 5.92 Å². The molecule has 1 aliphatic rings. The van der Waals surface area contributed by atoms with Gasteiger partial charge in [-0.25, -0.2) is 0 Å². The van der Waals surface area contributed by atoms with Crippen LogP contribution in [0.5, 0.6) is 0 Å². The number of ether oxygens (including phenoxy) is 1. The third-order valence-electron chi connectivity index (χ3n) is 3.54. The number of likely N-dealkylation sites (N-methyl/N-ethyl adjacent to an activating group) is 1. The van der Waals surface area contributed by atoms with E-state index in [9.17, 15) is 9.59 Å². The van der Waals surface area contributed by atoms with Gasteiger partial charge in [-0.05, 0) is 32.6 Å². The molecule has 0 spiro atoms.